The molecule has 2 amide bonds. The molecule has 0 aliphatic rings. The van der Waals surface area contributed by atoms with Crippen molar-refractivity contribution < 1.29 is 4.79 Å². The molecule has 2 heterocycles. The number of aromatic nitrogens is 8. The summed E-state index contributed by atoms with van der Waals surface area (Å²) in [6, 6.07) is -0.833. The molecule has 0 spiro atoms. The molecule has 0 unspecified atom stereocenters. The number of urea groups is 1. The number of nitrogens with one attached hydrogen (secondary N) is 2. The lowest BCUT2D eigenvalue weighted by Crippen LogP contribution is -2.18. The van der Waals surface area contributed by atoms with Gasteiger partial charge in [0.15, 0.2) is 12.7 Å². The van der Waals surface area contributed by atoms with Crippen LogP contribution in [0.2, 0.25) is 0 Å². The van der Waals surface area contributed by atoms with Gasteiger partial charge in [0.1, 0.15) is 0 Å². The third-order valence-corrected chi connectivity index (χ3v) is 0.539. The van der Waals surface area contributed by atoms with Gasteiger partial charge in [0.25, 0.3) is 0 Å². The maximum atomic E-state index is 9.00. The Hall–Kier alpha value is -2.59. The maximum absolute atomic E-state index is 9.00. The van der Waals surface area contributed by atoms with Crippen molar-refractivity contribution in [2.45, 2.75) is 0 Å². The Kier molecular flexibility index (Phi) is 6.93. The highest BCUT2D eigenvalue weighted by molar-refractivity contribution is 5.69. The number of carbonyl (C=O) groups is 1. The molecular formula is C3H8N10O. The second kappa shape index (κ2) is 8.51. The number of carbonyl (C=O) groups excluding carboxylic acids is 1. The average Bonchev–Trinajstić information content (AvgIpc) is 2.83. The molecule has 11 heteroatoms. The molecule has 0 aliphatic heterocycles. The summed E-state index contributed by atoms with van der Waals surface area (Å²) in [7, 11) is 0. The third-order valence-electron chi connectivity index (χ3n) is 0.539. The largest absolute Gasteiger partial charge is 0.352 e. The van der Waals surface area contributed by atoms with Crippen molar-refractivity contribution in [2.24, 2.45) is 11.5 Å². The van der Waals surface area contributed by atoms with Gasteiger partial charge in [-0.2, -0.15) is 10.4 Å². The van der Waals surface area contributed by atoms with Crippen molar-refractivity contribution in [1.82, 2.24) is 41.2 Å². The number of hydrogen-bond acceptors (Lipinski definition) is 7. The van der Waals surface area contributed by atoms with Gasteiger partial charge in [-0.1, -0.05) is 10.4 Å². The van der Waals surface area contributed by atoms with Gasteiger partial charge in [-0.3, -0.25) is 0 Å². The fourth-order valence-corrected chi connectivity index (χ4v) is 0.258. The van der Waals surface area contributed by atoms with Gasteiger partial charge in [0, 0.05) is 0 Å². The van der Waals surface area contributed by atoms with Crippen LogP contribution >= 0.6 is 0 Å². The zero-order valence-electron chi connectivity index (χ0n) is 6.90. The fourth-order valence-electron chi connectivity index (χ4n) is 0.258. The number of amides is 2. The number of rotatable bonds is 0. The van der Waals surface area contributed by atoms with Crippen LogP contribution in [0.3, 0.4) is 0 Å². The van der Waals surface area contributed by atoms with Crippen molar-refractivity contribution in [3.63, 3.8) is 0 Å². The van der Waals surface area contributed by atoms with Crippen molar-refractivity contribution in [3.05, 3.63) is 12.7 Å². The Morgan fingerprint density at radius 3 is 1.43 bits per heavy atom. The number of hydrogen-bond donors (Lipinski definition) is 4. The van der Waals surface area contributed by atoms with Crippen LogP contribution in [0.5, 0.6) is 0 Å². The molecule has 0 aliphatic carbocycles. The smallest absolute Gasteiger partial charge is 0.309 e. The average molecular weight is 200 g/mol. The number of nitrogens with two attached hydrogens (primary N) is 2. The minimum atomic E-state index is -0.833. The topological polar surface area (TPSA) is 178 Å². The molecule has 2 aromatic heterocycles. The molecule has 11 nitrogen and oxygen atoms in total. The standard InChI is InChI=1S/2CH2N4.CH4N2O/c2*1-2-4-5-3-1;2-1(3)4/h2*1H,(H,2,3,4,5);(H4,2,3,4). The molecule has 0 bridgehead atoms. The first-order valence-corrected chi connectivity index (χ1v) is 3.11. The highest BCUT2D eigenvalue weighted by atomic mass is 16.2. The predicted octanol–water partition coefficient (Wildman–Crippen LogP) is -2.58. The van der Waals surface area contributed by atoms with Gasteiger partial charge in [-0.05, 0) is 0 Å². The lowest BCUT2D eigenvalue weighted by atomic mass is 11.2. The summed E-state index contributed by atoms with van der Waals surface area (Å²) < 4.78 is 0. The molecule has 14 heavy (non-hydrogen) atoms. The molecule has 6 N–H and O–H groups in total. The summed E-state index contributed by atoms with van der Waals surface area (Å²) >= 11 is 0. The summed E-state index contributed by atoms with van der Waals surface area (Å²) in [4.78, 5) is 9.00. The zero-order valence-corrected chi connectivity index (χ0v) is 6.90. The van der Waals surface area contributed by atoms with Crippen molar-refractivity contribution in [3.8, 4) is 0 Å². The SMILES string of the molecule is NC(N)=O.c1nn[nH]n1.c1nn[nH]n1. The van der Waals surface area contributed by atoms with Gasteiger partial charge in [-0.25, -0.2) is 4.79 Å². The van der Waals surface area contributed by atoms with Crippen LogP contribution in [0.1, 0.15) is 0 Å². The lowest BCUT2D eigenvalue weighted by molar-refractivity contribution is 0.256. The van der Waals surface area contributed by atoms with Gasteiger partial charge >= 0.3 is 6.03 Å². The van der Waals surface area contributed by atoms with E-state index in [-0.39, 0.29) is 0 Å². The quantitative estimate of drug-likeness (QED) is 0.360. The summed E-state index contributed by atoms with van der Waals surface area (Å²) in [5.41, 5.74) is 8.50. The Bertz CT molecular complexity index is 222. The van der Waals surface area contributed by atoms with Crippen molar-refractivity contribution in [2.75, 3.05) is 0 Å². The first-order valence-electron chi connectivity index (χ1n) is 3.11. The van der Waals surface area contributed by atoms with E-state index in [1.165, 1.54) is 12.7 Å². The van der Waals surface area contributed by atoms with Gasteiger partial charge in [-0.15, -0.1) is 20.4 Å². The van der Waals surface area contributed by atoms with Crippen LogP contribution in [0, 0.1) is 0 Å². The van der Waals surface area contributed by atoms with E-state index in [1.54, 1.807) is 0 Å². The highest BCUT2D eigenvalue weighted by Gasteiger charge is 1.60. The van der Waals surface area contributed by atoms with E-state index in [2.05, 4.69) is 52.7 Å². The van der Waals surface area contributed by atoms with E-state index in [1.807, 2.05) is 0 Å². The van der Waals surface area contributed by atoms with Crippen LogP contribution in [-0.2, 0) is 0 Å². The second-order valence-electron chi connectivity index (χ2n) is 1.52. The molecule has 0 saturated heterocycles. The van der Waals surface area contributed by atoms with Crippen molar-refractivity contribution in [1.29, 1.82) is 0 Å². The molecule has 76 valence electrons. The Labute approximate surface area is 77.3 Å². The number of nitrogens with zero attached hydrogens (tertiary/aromatic N) is 6. The normalized spacial score (nSPS) is 7.43. The highest BCUT2D eigenvalue weighted by Crippen LogP contribution is 1.44. The van der Waals surface area contributed by atoms with E-state index in [0.29, 0.717) is 0 Å². The van der Waals surface area contributed by atoms with Crippen LogP contribution in [0.4, 0.5) is 4.79 Å². The molecule has 2 rings (SSSR count). The summed E-state index contributed by atoms with van der Waals surface area (Å²) in [5.74, 6) is 0. The van der Waals surface area contributed by atoms with Crippen LogP contribution in [0.25, 0.3) is 0 Å². The molecule has 0 fully saturated rings. The maximum Gasteiger partial charge on any atom is 0.309 e. The van der Waals surface area contributed by atoms with E-state index in [9.17, 15) is 0 Å². The molecule has 0 radical (unpaired) electrons. The van der Waals surface area contributed by atoms with E-state index >= 15 is 0 Å². The van der Waals surface area contributed by atoms with Crippen LogP contribution in [0.15, 0.2) is 12.7 Å². The van der Waals surface area contributed by atoms with Gasteiger partial charge < -0.3 is 11.5 Å². The lowest BCUT2D eigenvalue weighted by Gasteiger charge is -1.62. The molecule has 2 aromatic rings. The summed E-state index contributed by atoms with van der Waals surface area (Å²) in [6.45, 7) is 0. The van der Waals surface area contributed by atoms with Gasteiger partial charge in [0.05, 0.1) is 0 Å². The van der Waals surface area contributed by atoms with Crippen molar-refractivity contribution >= 4 is 6.03 Å². The Balaban J connectivity index is 0.000000183. The Morgan fingerprint density at radius 1 is 1.00 bits per heavy atom. The summed E-state index contributed by atoms with van der Waals surface area (Å²) in [5, 5.41) is 24.3. The molecule has 0 saturated carbocycles. The van der Waals surface area contributed by atoms with Crippen LogP contribution in [-0.4, -0.2) is 47.3 Å². The number of tetrazole rings is 2. The second-order valence-corrected chi connectivity index (χ2v) is 1.52. The number of aromatic amines is 2. The number of H-pyrrole nitrogens is 2. The zero-order chi connectivity index (χ0) is 10.6. The number of primary amides is 2. The van der Waals surface area contributed by atoms with E-state index in [0.717, 1.165) is 0 Å². The van der Waals surface area contributed by atoms with Crippen LogP contribution < -0.4 is 11.5 Å². The molecule has 0 aromatic carbocycles. The Morgan fingerprint density at radius 2 is 1.36 bits per heavy atom. The first-order chi connectivity index (χ1) is 6.73. The first kappa shape index (κ1) is 11.4. The fraction of sp³-hybridized carbons (Fsp3) is 0. The van der Waals surface area contributed by atoms with Gasteiger partial charge in [0.2, 0.25) is 0 Å². The van der Waals surface area contributed by atoms with E-state index < -0.39 is 6.03 Å². The minimum Gasteiger partial charge on any atom is -0.352 e. The molecule has 0 atom stereocenters. The predicted molar refractivity (Wildman–Crippen MR) is 42.1 cm³/mol. The monoisotopic (exact) mass is 200 g/mol. The third kappa shape index (κ3) is 12.1. The molecular weight excluding hydrogens is 192 g/mol. The van der Waals surface area contributed by atoms with E-state index in [4.69, 9.17) is 4.79 Å². The minimum absolute atomic E-state index is 0.833. The summed E-state index contributed by atoms with van der Waals surface area (Å²) in [6.07, 6.45) is 2.67.